The lowest BCUT2D eigenvalue weighted by Crippen LogP contribution is -2.34. The zero-order valence-electron chi connectivity index (χ0n) is 9.41. The Morgan fingerprint density at radius 1 is 1.20 bits per heavy atom. The predicted molar refractivity (Wildman–Crippen MR) is 58.8 cm³/mol. The lowest BCUT2D eigenvalue weighted by Gasteiger charge is -2.20. The van der Waals surface area contributed by atoms with Crippen molar-refractivity contribution in [2.45, 2.75) is 32.1 Å². The van der Waals surface area contributed by atoms with E-state index >= 15 is 0 Å². The normalized spacial score (nSPS) is 28.9. The molecule has 0 N–H and O–H groups in total. The highest BCUT2D eigenvalue weighted by molar-refractivity contribution is 5.83. The second-order valence-electron chi connectivity index (χ2n) is 4.72. The van der Waals surface area contributed by atoms with Crippen LogP contribution in [-0.2, 0) is 9.53 Å². The van der Waals surface area contributed by atoms with Crippen molar-refractivity contribution in [2.75, 3.05) is 32.8 Å². The van der Waals surface area contributed by atoms with Crippen molar-refractivity contribution in [3.63, 3.8) is 0 Å². The summed E-state index contributed by atoms with van der Waals surface area (Å²) in [7, 11) is 0. The van der Waals surface area contributed by atoms with E-state index in [1.807, 2.05) is 0 Å². The molecule has 2 aliphatic rings. The molecule has 1 atom stereocenters. The van der Waals surface area contributed by atoms with Gasteiger partial charge >= 0.3 is 0 Å². The van der Waals surface area contributed by atoms with Crippen molar-refractivity contribution < 1.29 is 9.53 Å². The molecule has 3 nitrogen and oxygen atoms in total. The van der Waals surface area contributed by atoms with E-state index in [0.29, 0.717) is 18.9 Å². The number of carbonyl (C=O) groups is 1. The van der Waals surface area contributed by atoms with E-state index < -0.39 is 0 Å². The largest absolute Gasteiger partial charge is 0.381 e. The maximum Gasteiger partial charge on any atom is 0.152 e. The summed E-state index contributed by atoms with van der Waals surface area (Å²) in [5.74, 6) is 0.586. The van der Waals surface area contributed by atoms with Gasteiger partial charge in [0, 0.05) is 12.5 Å². The third kappa shape index (κ3) is 3.28. The molecule has 15 heavy (non-hydrogen) atoms. The minimum atomic E-state index is 0.188. The van der Waals surface area contributed by atoms with Crippen molar-refractivity contribution in [1.82, 2.24) is 4.90 Å². The van der Waals surface area contributed by atoms with Crippen LogP contribution in [0.25, 0.3) is 0 Å². The average Bonchev–Trinajstić information content (AvgIpc) is 2.65. The maximum atomic E-state index is 11.9. The topological polar surface area (TPSA) is 29.5 Å². The molecule has 0 aromatic carbocycles. The van der Waals surface area contributed by atoms with Gasteiger partial charge in [0.05, 0.1) is 13.2 Å². The van der Waals surface area contributed by atoms with Gasteiger partial charge in [-0.2, -0.15) is 0 Å². The highest BCUT2D eigenvalue weighted by atomic mass is 16.5. The monoisotopic (exact) mass is 211 g/mol. The van der Waals surface area contributed by atoms with Gasteiger partial charge in [0.2, 0.25) is 0 Å². The van der Waals surface area contributed by atoms with E-state index in [1.54, 1.807) is 0 Å². The van der Waals surface area contributed by atoms with E-state index in [9.17, 15) is 4.79 Å². The highest BCUT2D eigenvalue weighted by Crippen LogP contribution is 2.15. The molecule has 0 radical (unpaired) electrons. The van der Waals surface area contributed by atoms with Crippen LogP contribution in [0.1, 0.15) is 32.1 Å². The number of hydrogen-bond acceptors (Lipinski definition) is 3. The number of Topliss-reactive ketones (excluding diaryl/α,β-unsaturated/α-hetero) is 1. The molecule has 0 spiro atoms. The molecule has 2 rings (SSSR count). The Morgan fingerprint density at radius 3 is 2.53 bits per heavy atom. The molecule has 0 aliphatic carbocycles. The first-order valence-electron chi connectivity index (χ1n) is 6.19. The summed E-state index contributed by atoms with van der Waals surface area (Å²) in [5.41, 5.74) is 0. The number of ketones is 1. The fourth-order valence-electron chi connectivity index (χ4n) is 2.43. The van der Waals surface area contributed by atoms with Crippen LogP contribution in [0, 0.1) is 5.92 Å². The smallest absolute Gasteiger partial charge is 0.152 e. The number of nitrogens with zero attached hydrogens (tertiary/aromatic N) is 1. The molecular weight excluding hydrogens is 190 g/mol. The molecule has 0 bridgehead atoms. The third-order valence-corrected chi connectivity index (χ3v) is 3.46. The van der Waals surface area contributed by atoms with Crippen LogP contribution in [0.3, 0.4) is 0 Å². The Morgan fingerprint density at radius 2 is 1.93 bits per heavy atom. The lowest BCUT2D eigenvalue weighted by molar-refractivity contribution is -0.124. The van der Waals surface area contributed by atoms with Gasteiger partial charge in [-0.1, -0.05) is 12.8 Å². The third-order valence-electron chi connectivity index (χ3n) is 3.46. The lowest BCUT2D eigenvalue weighted by atomic mass is 10.0. The average molecular weight is 211 g/mol. The van der Waals surface area contributed by atoms with E-state index in [1.165, 1.54) is 25.7 Å². The second kappa shape index (κ2) is 5.61. The number of carbonyl (C=O) groups excluding carboxylic acids is 1. The molecule has 2 heterocycles. The van der Waals surface area contributed by atoms with Crippen molar-refractivity contribution in [2.24, 2.45) is 5.92 Å². The van der Waals surface area contributed by atoms with Gasteiger partial charge in [0.25, 0.3) is 0 Å². The van der Waals surface area contributed by atoms with Crippen LogP contribution in [0.2, 0.25) is 0 Å². The fraction of sp³-hybridized carbons (Fsp3) is 0.917. The standard InChI is InChI=1S/C12H21NO2/c14-12(11-5-8-15-10-11)9-13-6-3-1-2-4-7-13/h11H,1-10H2. The Kier molecular flexibility index (Phi) is 4.15. The summed E-state index contributed by atoms with van der Waals surface area (Å²) in [4.78, 5) is 14.2. The van der Waals surface area contributed by atoms with E-state index in [0.717, 1.165) is 26.1 Å². The Hall–Kier alpha value is -0.410. The molecule has 0 aromatic rings. The summed E-state index contributed by atoms with van der Waals surface area (Å²) < 4.78 is 5.25. The quantitative estimate of drug-likeness (QED) is 0.708. The first-order chi connectivity index (χ1) is 7.36. The van der Waals surface area contributed by atoms with Gasteiger partial charge < -0.3 is 4.74 Å². The summed E-state index contributed by atoms with van der Waals surface area (Å²) in [5, 5.41) is 0. The first kappa shape index (κ1) is 11.1. The molecule has 0 aromatic heterocycles. The fourth-order valence-corrected chi connectivity index (χ4v) is 2.43. The Bertz CT molecular complexity index is 204. The number of hydrogen-bond donors (Lipinski definition) is 0. The summed E-state index contributed by atoms with van der Waals surface area (Å²) in [6.45, 7) is 4.32. The van der Waals surface area contributed by atoms with Gasteiger partial charge in [0.15, 0.2) is 5.78 Å². The minimum absolute atomic E-state index is 0.188. The van der Waals surface area contributed by atoms with Crippen LogP contribution >= 0.6 is 0 Å². The van der Waals surface area contributed by atoms with Crippen LogP contribution in [0.5, 0.6) is 0 Å². The molecule has 3 heteroatoms. The maximum absolute atomic E-state index is 11.9. The van der Waals surface area contributed by atoms with Gasteiger partial charge in [-0.05, 0) is 32.4 Å². The Balaban J connectivity index is 1.76. The Labute approximate surface area is 91.8 Å². The highest BCUT2D eigenvalue weighted by Gasteiger charge is 2.25. The molecule has 0 amide bonds. The molecule has 86 valence electrons. The zero-order valence-corrected chi connectivity index (χ0v) is 9.41. The predicted octanol–water partition coefficient (Wildman–Crippen LogP) is 1.47. The molecular formula is C12H21NO2. The van der Waals surface area contributed by atoms with E-state index in [2.05, 4.69) is 4.90 Å². The summed E-state index contributed by atoms with van der Waals surface area (Å²) in [6, 6.07) is 0. The minimum Gasteiger partial charge on any atom is -0.381 e. The van der Waals surface area contributed by atoms with Crippen molar-refractivity contribution in [1.29, 1.82) is 0 Å². The van der Waals surface area contributed by atoms with Crippen LogP contribution in [-0.4, -0.2) is 43.5 Å². The van der Waals surface area contributed by atoms with Crippen molar-refractivity contribution >= 4 is 5.78 Å². The van der Waals surface area contributed by atoms with E-state index in [4.69, 9.17) is 4.74 Å². The number of rotatable bonds is 3. The van der Waals surface area contributed by atoms with Gasteiger partial charge in [0.1, 0.15) is 0 Å². The molecule has 1 unspecified atom stereocenters. The molecule has 0 saturated carbocycles. The summed E-state index contributed by atoms with van der Waals surface area (Å²) in [6.07, 6.45) is 6.12. The zero-order chi connectivity index (χ0) is 10.5. The molecule has 2 saturated heterocycles. The van der Waals surface area contributed by atoms with Crippen LogP contribution < -0.4 is 0 Å². The molecule has 2 fully saturated rings. The van der Waals surface area contributed by atoms with Gasteiger partial charge in [-0.3, -0.25) is 9.69 Å². The van der Waals surface area contributed by atoms with Crippen molar-refractivity contribution in [3.8, 4) is 0 Å². The number of likely N-dealkylation sites (tertiary alicyclic amines) is 1. The first-order valence-corrected chi connectivity index (χ1v) is 6.19. The molecule has 2 aliphatic heterocycles. The van der Waals surface area contributed by atoms with Gasteiger partial charge in [-0.15, -0.1) is 0 Å². The SMILES string of the molecule is O=C(CN1CCCCCC1)C1CCOC1. The van der Waals surface area contributed by atoms with Crippen LogP contribution in [0.4, 0.5) is 0 Å². The van der Waals surface area contributed by atoms with Gasteiger partial charge in [-0.25, -0.2) is 0 Å². The van der Waals surface area contributed by atoms with Crippen LogP contribution in [0.15, 0.2) is 0 Å². The second-order valence-corrected chi connectivity index (χ2v) is 4.72. The summed E-state index contributed by atoms with van der Waals surface area (Å²) >= 11 is 0. The number of ether oxygens (including phenoxy) is 1. The van der Waals surface area contributed by atoms with Crippen molar-refractivity contribution in [3.05, 3.63) is 0 Å². The van der Waals surface area contributed by atoms with E-state index in [-0.39, 0.29) is 5.92 Å².